The molecule has 96 valence electrons. The van der Waals surface area contributed by atoms with Crippen LogP contribution in [-0.2, 0) is 16.0 Å². The number of carbonyl (C=O) groups excluding carboxylic acids is 1. The van der Waals surface area contributed by atoms with Gasteiger partial charge in [-0.2, -0.15) is 0 Å². The molecule has 6 heteroatoms. The van der Waals surface area contributed by atoms with Crippen LogP contribution in [0.1, 0.15) is 12.0 Å². The molecule has 0 heterocycles. The van der Waals surface area contributed by atoms with Crippen LogP contribution in [0.4, 0.5) is 4.39 Å². The zero-order valence-electron chi connectivity index (χ0n) is 9.54. The number of nitrogens with zero attached hydrogens (tertiary/aromatic N) is 1. The first-order valence-electron chi connectivity index (χ1n) is 5.62. The van der Waals surface area contributed by atoms with E-state index in [1.807, 2.05) is 0 Å². The number of hydrogen-bond acceptors (Lipinski definition) is 4. The monoisotopic (exact) mass is 253 g/mol. The Labute approximate surface area is 103 Å². The summed E-state index contributed by atoms with van der Waals surface area (Å²) in [6.07, 6.45) is 0.740. The number of rotatable bonds is 5. The number of nitro groups is 1. The molecular weight excluding hydrogens is 241 g/mol. The SMILES string of the molecule is O=C(OCCc1ccc(F)cc1)C1CC1[N+](=O)[O-]. The number of benzene rings is 1. The third-order valence-electron chi connectivity index (χ3n) is 2.88. The van der Waals surface area contributed by atoms with Crippen molar-refractivity contribution in [2.24, 2.45) is 5.92 Å². The Balaban J connectivity index is 1.71. The molecule has 0 aromatic heterocycles. The minimum Gasteiger partial charge on any atom is -0.465 e. The molecule has 0 bridgehead atoms. The third-order valence-corrected chi connectivity index (χ3v) is 2.88. The topological polar surface area (TPSA) is 69.4 Å². The molecule has 5 nitrogen and oxygen atoms in total. The summed E-state index contributed by atoms with van der Waals surface area (Å²) in [7, 11) is 0. The first kappa shape index (κ1) is 12.5. The first-order chi connectivity index (χ1) is 8.58. The Kier molecular flexibility index (Phi) is 3.55. The van der Waals surface area contributed by atoms with Crippen molar-refractivity contribution in [3.05, 3.63) is 45.8 Å². The van der Waals surface area contributed by atoms with Crippen molar-refractivity contribution in [3.63, 3.8) is 0 Å². The molecule has 18 heavy (non-hydrogen) atoms. The van der Waals surface area contributed by atoms with Crippen molar-refractivity contribution in [3.8, 4) is 0 Å². The molecule has 0 spiro atoms. The average molecular weight is 253 g/mol. The normalized spacial score (nSPS) is 21.4. The van der Waals surface area contributed by atoms with Crippen molar-refractivity contribution in [1.29, 1.82) is 0 Å². The highest BCUT2D eigenvalue weighted by Crippen LogP contribution is 2.34. The van der Waals surface area contributed by atoms with Crippen LogP contribution in [0.15, 0.2) is 24.3 Å². The Bertz CT molecular complexity index is 460. The van der Waals surface area contributed by atoms with Crippen LogP contribution < -0.4 is 0 Å². The molecule has 1 aromatic rings. The van der Waals surface area contributed by atoms with Crippen molar-refractivity contribution < 1.29 is 18.8 Å². The smallest absolute Gasteiger partial charge is 0.316 e. The Hall–Kier alpha value is -1.98. The maximum atomic E-state index is 12.6. The van der Waals surface area contributed by atoms with Gasteiger partial charge < -0.3 is 4.74 Å². The van der Waals surface area contributed by atoms with Gasteiger partial charge in [0, 0.05) is 17.8 Å². The summed E-state index contributed by atoms with van der Waals surface area (Å²) in [5, 5.41) is 10.4. The van der Waals surface area contributed by atoms with Crippen LogP contribution in [-0.4, -0.2) is 23.5 Å². The number of carbonyl (C=O) groups is 1. The number of halogens is 1. The van der Waals surface area contributed by atoms with Gasteiger partial charge in [-0.15, -0.1) is 0 Å². The molecule has 2 atom stereocenters. The van der Waals surface area contributed by atoms with Crippen LogP contribution in [0, 0.1) is 21.8 Å². The Morgan fingerprint density at radius 3 is 2.67 bits per heavy atom. The molecule has 2 rings (SSSR count). The van der Waals surface area contributed by atoms with Crippen LogP contribution >= 0.6 is 0 Å². The number of ether oxygens (including phenoxy) is 1. The van der Waals surface area contributed by atoms with Crippen molar-refractivity contribution >= 4 is 5.97 Å². The van der Waals surface area contributed by atoms with E-state index >= 15 is 0 Å². The molecule has 0 N–H and O–H groups in total. The fraction of sp³-hybridized carbons (Fsp3) is 0.417. The highest BCUT2D eigenvalue weighted by molar-refractivity contribution is 5.76. The minimum absolute atomic E-state index is 0.158. The Morgan fingerprint density at radius 1 is 1.44 bits per heavy atom. The van der Waals surface area contributed by atoms with Gasteiger partial charge in [0.2, 0.25) is 6.04 Å². The highest BCUT2D eigenvalue weighted by atomic mass is 19.1. The van der Waals surface area contributed by atoms with E-state index in [4.69, 9.17) is 4.74 Å². The second kappa shape index (κ2) is 5.12. The zero-order valence-corrected chi connectivity index (χ0v) is 9.54. The summed E-state index contributed by atoms with van der Waals surface area (Å²) in [6, 6.07) is 5.12. The summed E-state index contributed by atoms with van der Waals surface area (Å²) in [6.45, 7) is 0.158. The highest BCUT2D eigenvalue weighted by Gasteiger charge is 2.54. The van der Waals surface area contributed by atoms with Crippen LogP contribution in [0.3, 0.4) is 0 Å². The molecule has 1 fully saturated rings. The number of hydrogen-bond donors (Lipinski definition) is 0. The van der Waals surface area contributed by atoms with E-state index in [0.29, 0.717) is 6.42 Å². The lowest BCUT2D eigenvalue weighted by molar-refractivity contribution is -0.497. The predicted octanol–water partition coefficient (Wildman–Crippen LogP) is 1.58. The fourth-order valence-electron chi connectivity index (χ4n) is 1.70. The van der Waals surface area contributed by atoms with Gasteiger partial charge in [-0.25, -0.2) is 4.39 Å². The summed E-state index contributed by atoms with van der Waals surface area (Å²) < 4.78 is 17.6. The first-order valence-corrected chi connectivity index (χ1v) is 5.62. The van der Waals surface area contributed by atoms with Gasteiger partial charge >= 0.3 is 5.97 Å². The van der Waals surface area contributed by atoms with Gasteiger partial charge in [-0.05, 0) is 17.7 Å². The van der Waals surface area contributed by atoms with Crippen LogP contribution in [0.2, 0.25) is 0 Å². The standard InChI is InChI=1S/C12H12FNO4/c13-9-3-1-8(2-4-9)5-6-18-12(15)10-7-11(10)14(16)17/h1-4,10-11H,5-7H2. The van der Waals surface area contributed by atoms with Gasteiger partial charge in [-0.3, -0.25) is 14.9 Å². The van der Waals surface area contributed by atoms with Gasteiger partial charge in [0.25, 0.3) is 0 Å². The molecule has 0 amide bonds. The molecule has 1 aliphatic carbocycles. The summed E-state index contributed by atoms with van der Waals surface area (Å²) >= 11 is 0. The predicted molar refractivity (Wildman–Crippen MR) is 60.0 cm³/mol. The third kappa shape index (κ3) is 3.03. The Morgan fingerprint density at radius 2 is 2.11 bits per heavy atom. The molecule has 0 radical (unpaired) electrons. The minimum atomic E-state index is -0.775. The lowest BCUT2D eigenvalue weighted by atomic mass is 10.2. The fourth-order valence-corrected chi connectivity index (χ4v) is 1.70. The van der Waals surface area contributed by atoms with Gasteiger partial charge in [0.15, 0.2) is 0 Å². The van der Waals surface area contributed by atoms with E-state index < -0.39 is 22.9 Å². The molecule has 1 aliphatic rings. The van der Waals surface area contributed by atoms with Gasteiger partial charge in [0.1, 0.15) is 11.7 Å². The van der Waals surface area contributed by atoms with Crippen molar-refractivity contribution in [1.82, 2.24) is 0 Å². The summed E-state index contributed by atoms with van der Waals surface area (Å²) in [5.74, 6) is -1.42. The van der Waals surface area contributed by atoms with Crippen molar-refractivity contribution in [2.75, 3.05) is 6.61 Å². The van der Waals surface area contributed by atoms with E-state index in [1.54, 1.807) is 12.1 Å². The average Bonchev–Trinajstić information content (AvgIpc) is 3.11. The molecule has 0 aliphatic heterocycles. The molecule has 1 saturated carbocycles. The van der Waals surface area contributed by atoms with Crippen molar-refractivity contribution in [2.45, 2.75) is 18.9 Å². The summed E-state index contributed by atoms with van der Waals surface area (Å²) in [4.78, 5) is 21.3. The van der Waals surface area contributed by atoms with E-state index in [0.717, 1.165) is 5.56 Å². The largest absolute Gasteiger partial charge is 0.465 e. The van der Waals surface area contributed by atoms with E-state index in [2.05, 4.69) is 0 Å². The molecular formula is C12H12FNO4. The molecule has 2 unspecified atom stereocenters. The van der Waals surface area contributed by atoms with Crippen LogP contribution in [0.25, 0.3) is 0 Å². The summed E-state index contributed by atoms with van der Waals surface area (Å²) in [5.41, 5.74) is 0.853. The lowest BCUT2D eigenvalue weighted by Gasteiger charge is -2.03. The second-order valence-electron chi connectivity index (χ2n) is 4.24. The number of esters is 1. The lowest BCUT2D eigenvalue weighted by Crippen LogP contribution is -2.15. The van der Waals surface area contributed by atoms with Gasteiger partial charge in [-0.1, -0.05) is 12.1 Å². The van der Waals surface area contributed by atoms with Gasteiger partial charge in [0.05, 0.1) is 6.61 Å². The molecule has 0 saturated heterocycles. The van der Waals surface area contributed by atoms with Crippen LogP contribution in [0.5, 0.6) is 0 Å². The van der Waals surface area contributed by atoms with E-state index in [1.165, 1.54) is 12.1 Å². The zero-order chi connectivity index (χ0) is 13.1. The maximum Gasteiger partial charge on any atom is 0.316 e. The quantitative estimate of drug-likeness (QED) is 0.454. The maximum absolute atomic E-state index is 12.6. The van der Waals surface area contributed by atoms with E-state index in [9.17, 15) is 19.3 Å². The second-order valence-corrected chi connectivity index (χ2v) is 4.24. The van der Waals surface area contributed by atoms with E-state index in [-0.39, 0.29) is 18.8 Å². The molecule has 1 aromatic carbocycles.